The minimum Gasteiger partial charge on any atom is -0.343 e. The highest BCUT2D eigenvalue weighted by atomic mass is 16.6. The average molecular weight is 297 g/mol. The molecule has 0 bridgehead atoms. The minimum absolute atomic E-state index is 0.150. The fourth-order valence-electron chi connectivity index (χ4n) is 2.95. The number of nitro groups is 1. The van der Waals surface area contributed by atoms with Crippen LogP contribution >= 0.6 is 0 Å². The summed E-state index contributed by atoms with van der Waals surface area (Å²) in [5, 5.41) is 11.9. The van der Waals surface area contributed by atoms with Crippen molar-refractivity contribution < 1.29 is 4.92 Å². The summed E-state index contributed by atoms with van der Waals surface area (Å²) in [6.45, 7) is 0.411. The van der Waals surface area contributed by atoms with Crippen LogP contribution in [0.5, 0.6) is 0 Å². The number of hydrogen-bond donors (Lipinski definition) is 1. The summed E-state index contributed by atoms with van der Waals surface area (Å²) < 4.78 is 1.84. The van der Waals surface area contributed by atoms with Crippen LogP contribution in [-0.4, -0.2) is 16.0 Å². The van der Waals surface area contributed by atoms with Crippen molar-refractivity contribution in [3.8, 4) is 0 Å². The molecule has 0 aliphatic carbocycles. The van der Waals surface area contributed by atoms with Crippen LogP contribution in [0.2, 0.25) is 0 Å². The average Bonchev–Trinajstić information content (AvgIpc) is 2.52. The first kappa shape index (κ1) is 14.2. The first-order valence-corrected chi connectivity index (χ1v) is 6.94. The Morgan fingerprint density at radius 1 is 1.23 bits per heavy atom. The van der Waals surface area contributed by atoms with Crippen LogP contribution in [0, 0.1) is 10.1 Å². The maximum Gasteiger partial charge on any atom is 0.282 e. The van der Waals surface area contributed by atoms with Gasteiger partial charge in [0.1, 0.15) is 5.39 Å². The van der Waals surface area contributed by atoms with E-state index in [0.717, 1.165) is 11.1 Å². The van der Waals surface area contributed by atoms with E-state index in [9.17, 15) is 14.9 Å². The topological polar surface area (TPSA) is 91.2 Å². The van der Waals surface area contributed by atoms with Gasteiger partial charge in [-0.2, -0.15) is 0 Å². The van der Waals surface area contributed by atoms with Crippen molar-refractivity contribution in [1.82, 2.24) is 4.57 Å². The van der Waals surface area contributed by atoms with Crippen LogP contribution in [0.3, 0.4) is 0 Å². The number of aryl methyl sites for hydroxylation is 1. The van der Waals surface area contributed by atoms with E-state index in [2.05, 4.69) is 0 Å². The molecule has 0 saturated heterocycles. The molecule has 0 spiro atoms. The normalized spacial score (nSPS) is 11.2. The summed E-state index contributed by atoms with van der Waals surface area (Å²) in [4.78, 5) is 23.6. The molecule has 0 atom stereocenters. The first-order chi connectivity index (χ1) is 10.6. The van der Waals surface area contributed by atoms with E-state index < -0.39 is 4.92 Å². The van der Waals surface area contributed by atoms with E-state index in [1.165, 1.54) is 6.07 Å². The zero-order chi connectivity index (χ0) is 15.9. The highest BCUT2D eigenvalue weighted by Gasteiger charge is 2.21. The van der Waals surface area contributed by atoms with Gasteiger partial charge in [0, 0.05) is 18.5 Å². The second-order valence-electron chi connectivity index (χ2n) is 5.17. The van der Waals surface area contributed by atoms with Crippen LogP contribution in [0.25, 0.3) is 21.8 Å². The summed E-state index contributed by atoms with van der Waals surface area (Å²) in [7, 11) is 1.81. The maximum atomic E-state index is 12.8. The van der Waals surface area contributed by atoms with E-state index in [0.29, 0.717) is 23.9 Å². The molecule has 6 heteroatoms. The Morgan fingerprint density at radius 3 is 2.64 bits per heavy atom. The van der Waals surface area contributed by atoms with Crippen molar-refractivity contribution in [2.45, 2.75) is 6.42 Å². The van der Waals surface area contributed by atoms with Crippen LogP contribution in [0.1, 0.15) is 5.56 Å². The molecule has 3 rings (SSSR count). The molecule has 0 amide bonds. The highest BCUT2D eigenvalue weighted by molar-refractivity contribution is 5.99. The van der Waals surface area contributed by atoms with Crippen molar-refractivity contribution in [2.75, 3.05) is 6.54 Å². The molecule has 0 radical (unpaired) electrons. The summed E-state index contributed by atoms with van der Waals surface area (Å²) in [5.74, 6) is 0. The van der Waals surface area contributed by atoms with E-state index in [-0.39, 0.29) is 16.5 Å². The first-order valence-electron chi connectivity index (χ1n) is 6.94. The molecule has 112 valence electrons. The lowest BCUT2D eigenvalue weighted by Gasteiger charge is -2.14. The highest BCUT2D eigenvalue weighted by Crippen LogP contribution is 2.28. The summed E-state index contributed by atoms with van der Waals surface area (Å²) in [5.41, 5.74) is 7.33. The number of benzene rings is 2. The number of hydrogen-bond acceptors (Lipinski definition) is 4. The number of non-ortho nitro benzene ring substituents is 1. The van der Waals surface area contributed by atoms with Gasteiger partial charge in [-0.25, -0.2) is 0 Å². The number of pyridine rings is 1. The third-order valence-corrected chi connectivity index (χ3v) is 3.92. The van der Waals surface area contributed by atoms with E-state index in [4.69, 9.17) is 5.73 Å². The summed E-state index contributed by atoms with van der Waals surface area (Å²) in [6.07, 6.45) is 0.556. The third-order valence-electron chi connectivity index (χ3n) is 3.92. The quantitative estimate of drug-likeness (QED) is 0.455. The molecule has 2 aromatic carbocycles. The van der Waals surface area contributed by atoms with Crippen LogP contribution in [0.4, 0.5) is 5.69 Å². The van der Waals surface area contributed by atoms with Gasteiger partial charge in [0.05, 0.1) is 16.0 Å². The standard InChI is InChI=1S/C16H15N3O3/c1-18-12-5-3-2-4-11(12)16(20)14-13(19(21)22)7-6-10(8-9-17)15(14)18/h2-7H,8-9,17H2,1H3. The van der Waals surface area contributed by atoms with Gasteiger partial charge in [-0.1, -0.05) is 18.2 Å². The summed E-state index contributed by atoms with van der Waals surface area (Å²) in [6, 6.07) is 10.2. The maximum absolute atomic E-state index is 12.8. The molecule has 2 N–H and O–H groups in total. The molecule has 0 aliphatic rings. The Labute approximate surface area is 125 Å². The number of aromatic nitrogens is 1. The number of nitro benzene ring substituents is 1. The van der Waals surface area contributed by atoms with Crippen molar-refractivity contribution >= 4 is 27.5 Å². The van der Waals surface area contributed by atoms with Crippen molar-refractivity contribution in [3.63, 3.8) is 0 Å². The Balaban J connectivity index is 2.63. The Bertz CT molecular complexity index is 960. The fraction of sp³-hybridized carbons (Fsp3) is 0.188. The zero-order valence-corrected chi connectivity index (χ0v) is 12.1. The smallest absolute Gasteiger partial charge is 0.282 e. The number of rotatable bonds is 3. The lowest BCUT2D eigenvalue weighted by Crippen LogP contribution is -2.14. The number of nitrogens with zero attached hydrogens (tertiary/aromatic N) is 2. The lowest BCUT2D eigenvalue weighted by molar-refractivity contribution is -0.383. The molecule has 6 nitrogen and oxygen atoms in total. The molecule has 3 aromatic rings. The van der Waals surface area contributed by atoms with E-state index in [1.54, 1.807) is 18.2 Å². The predicted molar refractivity (Wildman–Crippen MR) is 86.1 cm³/mol. The van der Waals surface area contributed by atoms with Crippen molar-refractivity contribution in [1.29, 1.82) is 0 Å². The largest absolute Gasteiger partial charge is 0.343 e. The molecule has 22 heavy (non-hydrogen) atoms. The van der Waals surface area contributed by atoms with Gasteiger partial charge >= 0.3 is 0 Å². The molecule has 0 saturated carbocycles. The van der Waals surface area contributed by atoms with Gasteiger partial charge in [0.15, 0.2) is 0 Å². The monoisotopic (exact) mass is 297 g/mol. The molecule has 1 heterocycles. The third kappa shape index (κ3) is 1.96. The number of nitrogens with two attached hydrogens (primary N) is 1. The minimum atomic E-state index is -0.509. The van der Waals surface area contributed by atoms with Crippen LogP contribution in [0.15, 0.2) is 41.2 Å². The Morgan fingerprint density at radius 2 is 1.95 bits per heavy atom. The van der Waals surface area contributed by atoms with Crippen molar-refractivity contribution in [3.05, 3.63) is 62.3 Å². The zero-order valence-electron chi connectivity index (χ0n) is 12.1. The van der Waals surface area contributed by atoms with Crippen LogP contribution < -0.4 is 11.2 Å². The second-order valence-corrected chi connectivity index (χ2v) is 5.17. The van der Waals surface area contributed by atoms with Gasteiger partial charge < -0.3 is 10.3 Å². The number of fused-ring (bicyclic) bond motifs is 2. The second kappa shape index (κ2) is 5.23. The van der Waals surface area contributed by atoms with E-state index in [1.807, 2.05) is 23.7 Å². The number of para-hydroxylation sites is 1. The fourth-order valence-corrected chi connectivity index (χ4v) is 2.95. The van der Waals surface area contributed by atoms with E-state index >= 15 is 0 Å². The lowest BCUT2D eigenvalue weighted by atomic mass is 10.0. The Kier molecular flexibility index (Phi) is 3.38. The van der Waals surface area contributed by atoms with Gasteiger partial charge in [-0.05, 0) is 30.7 Å². The molecule has 1 aromatic heterocycles. The molecular formula is C16H15N3O3. The molecular weight excluding hydrogens is 282 g/mol. The van der Waals surface area contributed by atoms with Gasteiger partial charge in [-0.15, -0.1) is 0 Å². The Hall–Kier alpha value is -2.73. The van der Waals surface area contributed by atoms with Crippen molar-refractivity contribution in [2.24, 2.45) is 12.8 Å². The molecule has 0 fully saturated rings. The van der Waals surface area contributed by atoms with Crippen LogP contribution in [-0.2, 0) is 13.5 Å². The SMILES string of the molecule is Cn1c2ccccc2c(=O)c2c([N+](=O)[O-])ccc(CCN)c21. The predicted octanol–water partition coefficient (Wildman–Crippen LogP) is 2.10. The summed E-state index contributed by atoms with van der Waals surface area (Å²) >= 11 is 0. The van der Waals surface area contributed by atoms with Gasteiger partial charge in [0.2, 0.25) is 5.43 Å². The van der Waals surface area contributed by atoms with Gasteiger partial charge in [-0.3, -0.25) is 14.9 Å². The molecule has 0 aliphatic heterocycles. The molecule has 0 unspecified atom stereocenters. The van der Waals surface area contributed by atoms with Gasteiger partial charge in [0.25, 0.3) is 5.69 Å².